The minimum atomic E-state index is -0.376. The molecule has 0 aliphatic heterocycles. The Kier molecular flexibility index (Phi) is 9.34. The second-order valence-electron chi connectivity index (χ2n) is 7.07. The van der Waals surface area contributed by atoms with Crippen LogP contribution in [0.4, 0.5) is 0 Å². The number of hydrogen-bond acceptors (Lipinski definition) is 3. The molecule has 1 unspecified atom stereocenters. The summed E-state index contributed by atoms with van der Waals surface area (Å²) in [6, 6.07) is 7.87. The van der Waals surface area contributed by atoms with Crippen molar-refractivity contribution in [3.05, 3.63) is 35.4 Å². The number of nitrogens with one attached hydrogen (secondary N) is 1. The third-order valence-electron chi connectivity index (χ3n) is 4.71. The van der Waals surface area contributed by atoms with E-state index in [-0.39, 0.29) is 24.4 Å². The fraction of sp³-hybridized carbons (Fsp3) is 0.632. The molecule has 1 amide bonds. The summed E-state index contributed by atoms with van der Waals surface area (Å²) < 4.78 is 0. The summed E-state index contributed by atoms with van der Waals surface area (Å²) in [5, 5.41) is 3.02. The van der Waals surface area contributed by atoms with Gasteiger partial charge in [-0.2, -0.15) is 0 Å². The Morgan fingerprint density at radius 1 is 1.21 bits per heavy atom. The van der Waals surface area contributed by atoms with Gasteiger partial charge in [0, 0.05) is 13.1 Å². The van der Waals surface area contributed by atoms with E-state index in [4.69, 9.17) is 5.73 Å². The van der Waals surface area contributed by atoms with Crippen LogP contribution >= 0.6 is 12.4 Å². The summed E-state index contributed by atoms with van der Waals surface area (Å²) in [7, 11) is 4.10. The van der Waals surface area contributed by atoms with Gasteiger partial charge in [-0.05, 0) is 37.6 Å². The Morgan fingerprint density at radius 3 is 2.46 bits per heavy atom. The number of nitrogens with two attached hydrogens (primary N) is 1. The van der Waals surface area contributed by atoms with Gasteiger partial charge in [-0.25, -0.2) is 0 Å². The molecule has 0 spiro atoms. The summed E-state index contributed by atoms with van der Waals surface area (Å²) >= 11 is 0. The molecular weight excluding hydrogens is 322 g/mol. The summed E-state index contributed by atoms with van der Waals surface area (Å²) in [5.41, 5.74) is 8.53. The van der Waals surface area contributed by atoms with Gasteiger partial charge < -0.3 is 16.0 Å². The molecule has 1 fully saturated rings. The minimum absolute atomic E-state index is 0. The number of benzene rings is 1. The molecule has 1 atom stereocenters. The van der Waals surface area contributed by atoms with Crippen LogP contribution in [0.5, 0.6) is 0 Å². The Balaban J connectivity index is 0.00000288. The zero-order chi connectivity index (χ0) is 16.7. The van der Waals surface area contributed by atoms with Crippen molar-refractivity contribution in [1.82, 2.24) is 10.2 Å². The predicted molar refractivity (Wildman–Crippen MR) is 102 cm³/mol. The van der Waals surface area contributed by atoms with E-state index in [1.165, 1.54) is 43.2 Å². The van der Waals surface area contributed by atoms with Gasteiger partial charge in [-0.15, -0.1) is 12.4 Å². The first-order chi connectivity index (χ1) is 11.1. The van der Waals surface area contributed by atoms with Gasteiger partial charge in [0.25, 0.3) is 0 Å². The smallest absolute Gasteiger partial charge is 0.237 e. The van der Waals surface area contributed by atoms with Crippen LogP contribution in [0, 0.1) is 5.92 Å². The molecular formula is C19H32ClN3O. The van der Waals surface area contributed by atoms with Crippen molar-refractivity contribution in [2.24, 2.45) is 11.7 Å². The zero-order valence-corrected chi connectivity index (χ0v) is 15.8. The molecule has 1 saturated carbocycles. The first-order valence-electron chi connectivity index (χ1n) is 8.81. The van der Waals surface area contributed by atoms with Crippen LogP contribution < -0.4 is 11.1 Å². The van der Waals surface area contributed by atoms with Crippen LogP contribution in [0.25, 0.3) is 0 Å². The van der Waals surface area contributed by atoms with Gasteiger partial charge in [-0.1, -0.05) is 56.4 Å². The van der Waals surface area contributed by atoms with Gasteiger partial charge in [0.2, 0.25) is 5.91 Å². The van der Waals surface area contributed by atoms with Crippen molar-refractivity contribution >= 4 is 18.3 Å². The van der Waals surface area contributed by atoms with Crippen molar-refractivity contribution in [3.8, 4) is 0 Å². The summed E-state index contributed by atoms with van der Waals surface area (Å²) in [5.74, 6) is 0.612. The molecule has 4 nitrogen and oxygen atoms in total. The highest BCUT2D eigenvalue weighted by Crippen LogP contribution is 2.27. The lowest BCUT2D eigenvalue weighted by atomic mass is 9.85. The van der Waals surface area contributed by atoms with E-state index in [0.29, 0.717) is 12.5 Å². The van der Waals surface area contributed by atoms with E-state index in [1.807, 2.05) is 12.1 Å². The summed E-state index contributed by atoms with van der Waals surface area (Å²) in [6.07, 6.45) is 7.19. The van der Waals surface area contributed by atoms with Crippen LogP contribution in [-0.2, 0) is 17.9 Å². The van der Waals surface area contributed by atoms with Crippen molar-refractivity contribution in [2.75, 3.05) is 14.1 Å². The molecule has 136 valence electrons. The molecule has 3 N–H and O–H groups in total. The van der Waals surface area contributed by atoms with Crippen LogP contribution in [0.3, 0.4) is 0 Å². The largest absolute Gasteiger partial charge is 0.351 e. The molecule has 1 aromatic rings. The number of rotatable bonds is 7. The van der Waals surface area contributed by atoms with Crippen molar-refractivity contribution in [1.29, 1.82) is 0 Å². The molecule has 24 heavy (non-hydrogen) atoms. The summed E-state index contributed by atoms with van der Waals surface area (Å²) in [6.45, 7) is 1.43. The quantitative estimate of drug-likeness (QED) is 0.792. The van der Waals surface area contributed by atoms with Crippen LogP contribution in [0.15, 0.2) is 24.3 Å². The Labute approximate surface area is 152 Å². The topological polar surface area (TPSA) is 58.4 Å². The molecule has 5 heteroatoms. The molecule has 1 aliphatic rings. The lowest BCUT2D eigenvalue weighted by Gasteiger charge is -2.24. The number of carbonyl (C=O) groups excluding carboxylic acids is 1. The normalized spacial score (nSPS) is 16.5. The highest BCUT2D eigenvalue weighted by Gasteiger charge is 2.21. The maximum atomic E-state index is 12.3. The molecule has 2 rings (SSSR count). The molecule has 1 aliphatic carbocycles. The van der Waals surface area contributed by atoms with Gasteiger partial charge in [-0.3, -0.25) is 4.79 Å². The Hall–Kier alpha value is -1.10. The summed E-state index contributed by atoms with van der Waals surface area (Å²) in [4.78, 5) is 14.4. The second kappa shape index (κ2) is 10.7. The van der Waals surface area contributed by atoms with E-state index in [9.17, 15) is 4.79 Å². The molecule has 1 aromatic carbocycles. The number of halogens is 1. The predicted octanol–water partition coefficient (Wildman–Crippen LogP) is 3.08. The first-order valence-corrected chi connectivity index (χ1v) is 8.81. The minimum Gasteiger partial charge on any atom is -0.351 e. The van der Waals surface area contributed by atoms with Crippen LogP contribution in [-0.4, -0.2) is 30.9 Å². The Morgan fingerprint density at radius 2 is 1.83 bits per heavy atom. The van der Waals surface area contributed by atoms with Crippen LogP contribution in [0.1, 0.15) is 49.7 Å². The van der Waals surface area contributed by atoms with Gasteiger partial charge >= 0.3 is 0 Å². The van der Waals surface area contributed by atoms with Crippen molar-refractivity contribution in [2.45, 2.75) is 57.7 Å². The highest BCUT2D eigenvalue weighted by atomic mass is 35.5. The zero-order valence-electron chi connectivity index (χ0n) is 15.0. The number of hydrogen-bond donors (Lipinski definition) is 2. The maximum absolute atomic E-state index is 12.3. The number of carbonyl (C=O) groups is 1. The molecule has 0 radical (unpaired) electrons. The lowest BCUT2D eigenvalue weighted by molar-refractivity contribution is -0.123. The number of amides is 1. The van der Waals surface area contributed by atoms with Gasteiger partial charge in [0.15, 0.2) is 0 Å². The number of nitrogens with zero attached hydrogens (tertiary/aromatic N) is 1. The van der Waals surface area contributed by atoms with Gasteiger partial charge in [0.05, 0.1) is 6.04 Å². The molecule has 0 aromatic heterocycles. The van der Waals surface area contributed by atoms with E-state index in [2.05, 4.69) is 36.4 Å². The fourth-order valence-electron chi connectivity index (χ4n) is 3.43. The maximum Gasteiger partial charge on any atom is 0.237 e. The SMILES string of the molecule is CN(C)Cc1ccccc1CNC(=O)C(N)CC1CCCCC1.Cl. The van der Waals surface area contributed by atoms with Crippen molar-refractivity contribution in [3.63, 3.8) is 0 Å². The second-order valence-corrected chi connectivity index (χ2v) is 7.07. The molecule has 0 saturated heterocycles. The monoisotopic (exact) mass is 353 g/mol. The third-order valence-corrected chi connectivity index (χ3v) is 4.71. The lowest BCUT2D eigenvalue weighted by Crippen LogP contribution is -2.41. The van der Waals surface area contributed by atoms with E-state index in [1.54, 1.807) is 0 Å². The molecule has 0 bridgehead atoms. The van der Waals surface area contributed by atoms with Crippen LogP contribution in [0.2, 0.25) is 0 Å². The first kappa shape index (κ1) is 20.9. The van der Waals surface area contributed by atoms with E-state index < -0.39 is 0 Å². The van der Waals surface area contributed by atoms with Crippen molar-refractivity contribution < 1.29 is 4.79 Å². The Bertz CT molecular complexity index is 501. The van der Waals surface area contributed by atoms with E-state index >= 15 is 0 Å². The average Bonchev–Trinajstić information content (AvgIpc) is 2.54. The third kappa shape index (κ3) is 6.80. The van der Waals surface area contributed by atoms with E-state index in [0.717, 1.165) is 13.0 Å². The standard InChI is InChI=1S/C19H31N3O.ClH/c1-22(2)14-17-11-7-6-10-16(17)13-21-19(23)18(20)12-15-8-4-3-5-9-15;/h6-7,10-11,15,18H,3-5,8-9,12-14,20H2,1-2H3,(H,21,23);1H. The molecule has 0 heterocycles. The fourth-order valence-corrected chi connectivity index (χ4v) is 3.43. The average molecular weight is 354 g/mol. The van der Waals surface area contributed by atoms with Gasteiger partial charge in [0.1, 0.15) is 0 Å². The highest BCUT2D eigenvalue weighted by molar-refractivity contribution is 5.85.